The van der Waals surface area contributed by atoms with Crippen molar-refractivity contribution in [3.63, 3.8) is 0 Å². The Morgan fingerprint density at radius 3 is 2.75 bits per heavy atom. The van der Waals surface area contributed by atoms with E-state index in [9.17, 15) is 10.1 Å². The van der Waals surface area contributed by atoms with Gasteiger partial charge in [0.25, 0.3) is 0 Å². The maximum atomic E-state index is 10.3. The molecule has 0 atom stereocenters. The predicted molar refractivity (Wildman–Crippen MR) is 39.6 cm³/mol. The molecule has 0 unspecified atom stereocenters. The number of nitro groups is 1. The van der Waals surface area contributed by atoms with Gasteiger partial charge in [-0.25, -0.2) is 0 Å². The summed E-state index contributed by atoms with van der Waals surface area (Å²) in [5, 5.41) is 14.0. The molecule has 0 aliphatic heterocycles. The van der Waals surface area contributed by atoms with E-state index in [-0.39, 0.29) is 5.95 Å². The van der Waals surface area contributed by atoms with Crippen LogP contribution in [0.5, 0.6) is 0 Å². The zero-order valence-corrected chi connectivity index (χ0v) is 6.60. The van der Waals surface area contributed by atoms with Crippen LogP contribution in [0.4, 0.5) is 5.95 Å². The van der Waals surface area contributed by atoms with Gasteiger partial charge in [-0.05, 0) is 22.7 Å². The van der Waals surface area contributed by atoms with Gasteiger partial charge in [0.2, 0.25) is 5.82 Å². The summed E-state index contributed by atoms with van der Waals surface area (Å²) in [6.07, 6.45) is 2.15. The first kappa shape index (κ1) is 7.20. The highest BCUT2D eigenvalue weighted by Crippen LogP contribution is 2.39. The fraction of sp³-hybridized carbons (Fsp3) is 0.667. The summed E-state index contributed by atoms with van der Waals surface area (Å²) < 4.78 is 1.50. The van der Waals surface area contributed by atoms with Gasteiger partial charge in [-0.2, -0.15) is 4.68 Å². The Hall–Kier alpha value is -1.46. The molecule has 6 nitrogen and oxygen atoms in total. The van der Waals surface area contributed by atoms with Gasteiger partial charge >= 0.3 is 5.95 Å². The molecule has 0 radical (unpaired) electrons. The van der Waals surface area contributed by atoms with Crippen LogP contribution in [0, 0.1) is 10.1 Å². The fourth-order valence-corrected chi connectivity index (χ4v) is 1.16. The zero-order valence-electron chi connectivity index (χ0n) is 6.60. The molecule has 1 fully saturated rings. The van der Waals surface area contributed by atoms with E-state index in [2.05, 4.69) is 10.1 Å². The normalized spacial score (nSPS) is 16.4. The van der Waals surface area contributed by atoms with Crippen LogP contribution in [0.15, 0.2) is 0 Å². The van der Waals surface area contributed by atoms with Gasteiger partial charge in [0.15, 0.2) is 0 Å². The van der Waals surface area contributed by atoms with Crippen molar-refractivity contribution >= 4 is 5.95 Å². The van der Waals surface area contributed by atoms with Crippen LogP contribution >= 0.6 is 0 Å². The second-order valence-electron chi connectivity index (χ2n) is 2.92. The van der Waals surface area contributed by atoms with Crippen LogP contribution in [0.2, 0.25) is 0 Å². The van der Waals surface area contributed by atoms with Gasteiger partial charge in [0, 0.05) is 18.1 Å². The number of aryl methyl sites for hydroxylation is 1. The molecular formula is C6H8N4O2. The number of hydrogen-bond donors (Lipinski definition) is 0. The number of nitrogens with zero attached hydrogens (tertiary/aromatic N) is 4. The van der Waals surface area contributed by atoms with Crippen molar-refractivity contribution in [3.05, 3.63) is 15.9 Å². The molecule has 1 saturated carbocycles. The highest BCUT2D eigenvalue weighted by molar-refractivity contribution is 5.12. The molecule has 12 heavy (non-hydrogen) atoms. The fourth-order valence-electron chi connectivity index (χ4n) is 1.16. The molecule has 1 aromatic heterocycles. The minimum atomic E-state index is -0.564. The molecule has 0 aromatic carbocycles. The minimum absolute atomic E-state index is 0.292. The molecule has 64 valence electrons. The summed E-state index contributed by atoms with van der Waals surface area (Å²) in [6, 6.07) is 0. The molecular weight excluding hydrogens is 160 g/mol. The van der Waals surface area contributed by atoms with E-state index in [0.29, 0.717) is 5.92 Å². The summed E-state index contributed by atoms with van der Waals surface area (Å²) in [5.74, 6) is 0.845. The summed E-state index contributed by atoms with van der Waals surface area (Å²) in [6.45, 7) is 0. The average Bonchev–Trinajstić information content (AvgIpc) is 2.75. The van der Waals surface area contributed by atoms with Gasteiger partial charge in [-0.3, -0.25) is 0 Å². The molecule has 0 spiro atoms. The zero-order chi connectivity index (χ0) is 8.72. The van der Waals surface area contributed by atoms with Crippen molar-refractivity contribution < 1.29 is 4.92 Å². The van der Waals surface area contributed by atoms with Crippen LogP contribution in [-0.2, 0) is 7.05 Å². The Morgan fingerprint density at radius 1 is 1.67 bits per heavy atom. The third-order valence-electron chi connectivity index (χ3n) is 1.89. The van der Waals surface area contributed by atoms with Crippen molar-refractivity contribution in [2.45, 2.75) is 18.8 Å². The highest BCUT2D eigenvalue weighted by Gasteiger charge is 2.34. The van der Waals surface area contributed by atoms with Gasteiger partial charge < -0.3 is 10.1 Å². The SMILES string of the molecule is Cn1nc([N+](=O)[O-])nc1C1CC1. The summed E-state index contributed by atoms with van der Waals surface area (Å²) in [7, 11) is 1.69. The van der Waals surface area contributed by atoms with Crippen molar-refractivity contribution in [2.24, 2.45) is 7.05 Å². The molecule has 0 amide bonds. The Bertz CT molecular complexity index is 328. The van der Waals surface area contributed by atoms with Crippen molar-refractivity contribution in [3.8, 4) is 0 Å². The summed E-state index contributed by atoms with van der Waals surface area (Å²) in [5.41, 5.74) is 0. The number of hydrogen-bond acceptors (Lipinski definition) is 4. The first-order valence-electron chi connectivity index (χ1n) is 3.74. The lowest BCUT2D eigenvalue weighted by Crippen LogP contribution is -1.96. The van der Waals surface area contributed by atoms with Crippen LogP contribution < -0.4 is 0 Å². The van der Waals surface area contributed by atoms with Crippen LogP contribution in [0.25, 0.3) is 0 Å². The van der Waals surface area contributed by atoms with Gasteiger partial charge in [-0.15, -0.1) is 0 Å². The Kier molecular flexibility index (Phi) is 1.36. The van der Waals surface area contributed by atoms with Gasteiger partial charge in [-0.1, -0.05) is 0 Å². The molecule has 1 aliphatic carbocycles. The lowest BCUT2D eigenvalue weighted by Gasteiger charge is -1.85. The monoisotopic (exact) mass is 168 g/mol. The van der Waals surface area contributed by atoms with E-state index >= 15 is 0 Å². The largest absolute Gasteiger partial charge is 0.491 e. The summed E-state index contributed by atoms with van der Waals surface area (Å²) in [4.78, 5) is 13.5. The van der Waals surface area contributed by atoms with E-state index in [4.69, 9.17) is 0 Å². The topological polar surface area (TPSA) is 73.8 Å². The third-order valence-corrected chi connectivity index (χ3v) is 1.89. The van der Waals surface area contributed by atoms with Crippen molar-refractivity contribution in [1.82, 2.24) is 14.8 Å². The minimum Gasteiger partial charge on any atom is -0.390 e. The lowest BCUT2D eigenvalue weighted by atomic mass is 10.4. The average molecular weight is 168 g/mol. The van der Waals surface area contributed by atoms with Crippen molar-refractivity contribution in [1.29, 1.82) is 0 Å². The molecule has 0 N–H and O–H groups in total. The first-order chi connectivity index (χ1) is 5.68. The van der Waals surface area contributed by atoms with E-state index in [0.717, 1.165) is 18.7 Å². The predicted octanol–water partition coefficient (Wildman–Crippen LogP) is 0.601. The lowest BCUT2D eigenvalue weighted by molar-refractivity contribution is -0.394. The molecule has 2 rings (SSSR count). The van der Waals surface area contributed by atoms with E-state index < -0.39 is 4.92 Å². The molecule has 1 aromatic rings. The van der Waals surface area contributed by atoms with Gasteiger partial charge in [0.1, 0.15) is 0 Å². The van der Waals surface area contributed by atoms with Gasteiger partial charge in [0.05, 0.1) is 0 Å². The number of aromatic nitrogens is 3. The van der Waals surface area contributed by atoms with Crippen LogP contribution in [0.3, 0.4) is 0 Å². The second-order valence-corrected chi connectivity index (χ2v) is 2.92. The molecule has 6 heteroatoms. The molecule has 0 saturated heterocycles. The Morgan fingerprint density at radius 2 is 2.33 bits per heavy atom. The number of rotatable bonds is 2. The highest BCUT2D eigenvalue weighted by atomic mass is 16.6. The van der Waals surface area contributed by atoms with Crippen molar-refractivity contribution in [2.75, 3.05) is 0 Å². The summed E-state index contributed by atoms with van der Waals surface area (Å²) >= 11 is 0. The Balaban J connectivity index is 2.36. The molecule has 1 heterocycles. The molecule has 1 aliphatic rings. The van der Waals surface area contributed by atoms with E-state index in [1.165, 1.54) is 4.68 Å². The second kappa shape index (κ2) is 2.26. The van der Waals surface area contributed by atoms with E-state index in [1.807, 2.05) is 0 Å². The Labute approximate surface area is 68.4 Å². The quantitative estimate of drug-likeness (QED) is 0.478. The maximum Gasteiger partial charge on any atom is 0.491 e. The smallest absolute Gasteiger partial charge is 0.390 e. The van der Waals surface area contributed by atoms with Crippen LogP contribution in [0.1, 0.15) is 24.6 Å². The third kappa shape index (κ3) is 1.05. The maximum absolute atomic E-state index is 10.3. The standard InChI is InChI=1S/C6H8N4O2/c1-9-5(4-2-3-4)7-6(8-9)10(11)12/h4H,2-3H2,1H3. The molecule has 0 bridgehead atoms. The first-order valence-corrected chi connectivity index (χ1v) is 3.74. The van der Waals surface area contributed by atoms with Crippen LogP contribution in [-0.4, -0.2) is 19.7 Å². The van der Waals surface area contributed by atoms with E-state index in [1.54, 1.807) is 7.05 Å².